The highest BCUT2D eigenvalue weighted by Gasteiger charge is 2.36. The number of thioether (sulfide) groups is 1. The Morgan fingerprint density at radius 3 is 2.23 bits per heavy atom. The third-order valence-electron chi connectivity index (χ3n) is 2.57. The summed E-state index contributed by atoms with van der Waals surface area (Å²) in [4.78, 5) is 0. The molecule has 1 nitrogen and oxygen atoms in total. The van der Waals surface area contributed by atoms with E-state index in [0.29, 0.717) is 10.3 Å². The molecular weight excluding hydrogens is 220 g/mol. The average molecular weight is 241 g/mol. The first kappa shape index (κ1) is 13.8. The van der Waals surface area contributed by atoms with Gasteiger partial charge in [0.05, 0.1) is 5.21 Å². The van der Waals surface area contributed by atoms with Gasteiger partial charge in [0.15, 0.2) is 8.32 Å². The molecule has 0 unspecified atom stereocenters. The molecule has 0 spiro atoms. The molecular formula is C9H21ClOSSi. The molecule has 0 N–H and O–H groups in total. The zero-order valence-electron chi connectivity index (χ0n) is 9.32. The Bertz CT molecular complexity index is 145. The fourth-order valence-corrected chi connectivity index (χ4v) is 2.46. The average Bonchev–Trinajstić information content (AvgIpc) is 1.96. The Kier molecular flexibility index (Phi) is 5.99. The number of alkyl halides is 1. The maximum atomic E-state index is 5.96. The molecule has 0 atom stereocenters. The van der Waals surface area contributed by atoms with Crippen molar-refractivity contribution in [3.05, 3.63) is 0 Å². The second-order valence-corrected chi connectivity index (χ2v) is 11.1. The second-order valence-electron chi connectivity index (χ2n) is 4.63. The van der Waals surface area contributed by atoms with E-state index in [0.717, 1.165) is 12.4 Å². The third-order valence-corrected chi connectivity index (χ3v) is 8.18. The van der Waals surface area contributed by atoms with Crippen LogP contribution in [0.3, 0.4) is 0 Å². The van der Waals surface area contributed by atoms with Gasteiger partial charge in [-0.05, 0) is 18.1 Å². The van der Waals surface area contributed by atoms with E-state index >= 15 is 0 Å². The molecule has 0 saturated carbocycles. The summed E-state index contributed by atoms with van der Waals surface area (Å²) in [5.41, 5.74) is 0. The van der Waals surface area contributed by atoms with Crippen LogP contribution in [0.2, 0.25) is 18.1 Å². The van der Waals surface area contributed by atoms with E-state index in [1.54, 1.807) is 11.8 Å². The molecule has 0 fully saturated rings. The summed E-state index contributed by atoms with van der Waals surface area (Å²) >= 11 is 7.28. The highest BCUT2D eigenvalue weighted by atomic mass is 35.5. The SMILES string of the molecule is CC(C)(C)[Si](C)(C)OCCSCCl. The zero-order valence-corrected chi connectivity index (χ0v) is 11.9. The molecule has 0 aromatic rings. The van der Waals surface area contributed by atoms with Crippen molar-refractivity contribution >= 4 is 31.7 Å². The first-order valence-corrected chi connectivity index (χ1v) is 9.18. The van der Waals surface area contributed by atoms with Crippen molar-refractivity contribution in [2.75, 3.05) is 17.6 Å². The van der Waals surface area contributed by atoms with Gasteiger partial charge in [-0.15, -0.1) is 23.4 Å². The largest absolute Gasteiger partial charge is 0.416 e. The first-order chi connectivity index (χ1) is 5.81. The van der Waals surface area contributed by atoms with Crippen molar-refractivity contribution in [1.29, 1.82) is 0 Å². The standard InChI is InChI=1S/C9H21ClOSSi/c1-9(2,3)13(4,5)11-6-7-12-8-10/h6-8H2,1-5H3. The Balaban J connectivity index is 3.77. The van der Waals surface area contributed by atoms with Gasteiger partial charge in [-0.2, -0.15) is 0 Å². The smallest absolute Gasteiger partial charge is 0.192 e. The summed E-state index contributed by atoms with van der Waals surface area (Å²) in [5, 5.41) is 0.986. The minimum absolute atomic E-state index is 0.318. The molecule has 0 radical (unpaired) electrons. The Hall–Kier alpha value is 0.817. The molecule has 0 bridgehead atoms. The summed E-state index contributed by atoms with van der Waals surface area (Å²) in [5.74, 6) is 1.01. The van der Waals surface area contributed by atoms with Gasteiger partial charge in [-0.1, -0.05) is 20.8 Å². The lowest BCUT2D eigenvalue weighted by atomic mass is 10.2. The van der Waals surface area contributed by atoms with Crippen molar-refractivity contribution in [2.45, 2.75) is 38.9 Å². The van der Waals surface area contributed by atoms with Crippen LogP contribution in [-0.4, -0.2) is 25.9 Å². The summed E-state index contributed by atoms with van der Waals surface area (Å²) in [7, 11) is -1.51. The molecule has 13 heavy (non-hydrogen) atoms. The molecule has 0 amide bonds. The van der Waals surface area contributed by atoms with Crippen LogP contribution < -0.4 is 0 Å². The zero-order chi connectivity index (χ0) is 10.5. The number of rotatable bonds is 5. The van der Waals surface area contributed by atoms with E-state index in [-0.39, 0.29) is 0 Å². The van der Waals surface area contributed by atoms with Crippen LogP contribution in [0.25, 0.3) is 0 Å². The highest BCUT2D eigenvalue weighted by molar-refractivity contribution is 8.00. The van der Waals surface area contributed by atoms with Gasteiger partial charge in [0, 0.05) is 12.4 Å². The van der Waals surface area contributed by atoms with Gasteiger partial charge in [0.1, 0.15) is 0 Å². The van der Waals surface area contributed by atoms with Gasteiger partial charge in [0.25, 0.3) is 0 Å². The minimum Gasteiger partial charge on any atom is -0.416 e. The van der Waals surface area contributed by atoms with Crippen molar-refractivity contribution < 1.29 is 4.43 Å². The normalized spacial score (nSPS) is 13.4. The van der Waals surface area contributed by atoms with Gasteiger partial charge in [-0.25, -0.2) is 0 Å². The van der Waals surface area contributed by atoms with E-state index in [2.05, 4.69) is 33.9 Å². The minimum atomic E-state index is -1.51. The Labute approximate surface area is 92.7 Å². The van der Waals surface area contributed by atoms with Crippen LogP contribution in [0.15, 0.2) is 0 Å². The van der Waals surface area contributed by atoms with Gasteiger partial charge >= 0.3 is 0 Å². The molecule has 0 aliphatic heterocycles. The van der Waals surface area contributed by atoms with Crippen molar-refractivity contribution in [1.82, 2.24) is 0 Å². The fraction of sp³-hybridized carbons (Fsp3) is 1.00. The van der Waals surface area contributed by atoms with Crippen LogP contribution in [0.5, 0.6) is 0 Å². The van der Waals surface area contributed by atoms with Crippen LogP contribution in [-0.2, 0) is 4.43 Å². The maximum absolute atomic E-state index is 5.96. The third kappa shape index (κ3) is 5.30. The van der Waals surface area contributed by atoms with Gasteiger partial charge in [-0.3, -0.25) is 0 Å². The lowest BCUT2D eigenvalue weighted by Gasteiger charge is -2.36. The van der Waals surface area contributed by atoms with E-state index in [9.17, 15) is 0 Å². The van der Waals surface area contributed by atoms with E-state index in [1.165, 1.54) is 0 Å². The lowest BCUT2D eigenvalue weighted by molar-refractivity contribution is 0.311. The predicted molar refractivity (Wildman–Crippen MR) is 66.3 cm³/mol. The predicted octanol–water partition coefficient (Wildman–Crippen LogP) is 3.94. The Morgan fingerprint density at radius 1 is 1.31 bits per heavy atom. The van der Waals surface area contributed by atoms with Crippen LogP contribution in [0.1, 0.15) is 20.8 Å². The second kappa shape index (κ2) is 5.64. The van der Waals surface area contributed by atoms with Crippen LogP contribution in [0, 0.1) is 0 Å². The van der Waals surface area contributed by atoms with E-state index in [4.69, 9.17) is 16.0 Å². The van der Waals surface area contributed by atoms with Gasteiger partial charge < -0.3 is 4.43 Å². The maximum Gasteiger partial charge on any atom is 0.192 e. The topological polar surface area (TPSA) is 9.23 Å². The highest BCUT2D eigenvalue weighted by Crippen LogP contribution is 2.36. The lowest BCUT2D eigenvalue weighted by Crippen LogP contribution is -2.41. The monoisotopic (exact) mass is 240 g/mol. The van der Waals surface area contributed by atoms with Crippen LogP contribution in [0.4, 0.5) is 0 Å². The molecule has 80 valence electrons. The molecule has 4 heteroatoms. The summed E-state index contributed by atoms with van der Waals surface area (Å²) in [6, 6.07) is 0. The van der Waals surface area contributed by atoms with Crippen LogP contribution >= 0.6 is 23.4 Å². The summed E-state index contributed by atoms with van der Waals surface area (Å²) < 4.78 is 5.96. The number of halogens is 1. The molecule has 0 aliphatic rings. The Morgan fingerprint density at radius 2 is 1.85 bits per heavy atom. The summed E-state index contributed by atoms with van der Waals surface area (Å²) in [6.45, 7) is 12.2. The summed E-state index contributed by atoms with van der Waals surface area (Å²) in [6.07, 6.45) is 0. The quantitative estimate of drug-likeness (QED) is 0.409. The molecule has 0 aromatic carbocycles. The molecule has 0 aliphatic carbocycles. The van der Waals surface area contributed by atoms with E-state index < -0.39 is 8.32 Å². The number of hydrogen-bond donors (Lipinski definition) is 0. The van der Waals surface area contributed by atoms with Crippen molar-refractivity contribution in [3.8, 4) is 0 Å². The molecule has 0 heterocycles. The van der Waals surface area contributed by atoms with E-state index in [1.807, 2.05) is 0 Å². The number of hydrogen-bond acceptors (Lipinski definition) is 2. The first-order valence-electron chi connectivity index (χ1n) is 4.59. The molecule has 0 rings (SSSR count). The van der Waals surface area contributed by atoms with Crippen molar-refractivity contribution in [3.63, 3.8) is 0 Å². The van der Waals surface area contributed by atoms with Crippen molar-refractivity contribution in [2.24, 2.45) is 0 Å². The fourth-order valence-electron chi connectivity index (χ4n) is 0.627. The van der Waals surface area contributed by atoms with Gasteiger partial charge in [0.2, 0.25) is 0 Å². The molecule has 0 saturated heterocycles. The molecule has 0 aromatic heterocycles.